The summed E-state index contributed by atoms with van der Waals surface area (Å²) < 4.78 is 26.6. The van der Waals surface area contributed by atoms with Crippen LogP contribution in [0.3, 0.4) is 0 Å². The van der Waals surface area contributed by atoms with Crippen molar-refractivity contribution in [3.63, 3.8) is 0 Å². The highest BCUT2D eigenvalue weighted by Gasteiger charge is 2.43. The number of aromatic nitrogens is 1. The van der Waals surface area contributed by atoms with Crippen molar-refractivity contribution in [3.05, 3.63) is 53.8 Å². The summed E-state index contributed by atoms with van der Waals surface area (Å²) >= 11 is 5.92. The Morgan fingerprint density at radius 3 is 2.32 bits per heavy atom. The normalized spacial score (nSPS) is 18.8. The summed E-state index contributed by atoms with van der Waals surface area (Å²) in [4.78, 5) is 20.7. The van der Waals surface area contributed by atoms with Gasteiger partial charge in [0.1, 0.15) is 10.0 Å². The van der Waals surface area contributed by atoms with E-state index in [1.165, 1.54) is 22.6 Å². The van der Waals surface area contributed by atoms with Gasteiger partial charge in [-0.2, -0.15) is 4.31 Å². The molecule has 28 heavy (non-hydrogen) atoms. The number of hydrogen-bond donors (Lipinski definition) is 0. The van der Waals surface area contributed by atoms with E-state index in [1.807, 2.05) is 23.1 Å². The number of hydrogen-bond acceptors (Lipinski definition) is 5. The molecule has 0 aliphatic carbocycles. The molecule has 0 radical (unpaired) electrons. The van der Waals surface area contributed by atoms with Gasteiger partial charge in [-0.25, -0.2) is 13.4 Å². The Balaban J connectivity index is 1.33. The second kappa shape index (κ2) is 7.69. The highest BCUT2D eigenvalue weighted by Crippen LogP contribution is 2.29. The van der Waals surface area contributed by atoms with Gasteiger partial charge in [-0.05, 0) is 24.3 Å². The maximum absolute atomic E-state index is 12.7. The molecular weight excluding hydrogens is 400 g/mol. The maximum Gasteiger partial charge on any atom is 0.246 e. The minimum Gasteiger partial charge on any atom is -0.368 e. The van der Waals surface area contributed by atoms with E-state index in [1.54, 1.807) is 0 Å². The summed E-state index contributed by atoms with van der Waals surface area (Å²) in [7, 11) is -3.71. The highest BCUT2D eigenvalue weighted by atomic mass is 35.5. The smallest absolute Gasteiger partial charge is 0.246 e. The van der Waals surface area contributed by atoms with Gasteiger partial charge in [0, 0.05) is 51.2 Å². The second-order valence-corrected chi connectivity index (χ2v) is 9.22. The summed E-state index contributed by atoms with van der Waals surface area (Å²) in [5.74, 6) is -0.273. The molecule has 148 valence electrons. The van der Waals surface area contributed by atoms with Gasteiger partial charge in [0.15, 0.2) is 0 Å². The molecule has 7 nitrogen and oxygen atoms in total. The first kappa shape index (κ1) is 19.2. The number of halogens is 1. The monoisotopic (exact) mass is 420 g/mol. The minimum absolute atomic E-state index is 0.0148. The number of carbonyl (C=O) groups is 1. The fourth-order valence-electron chi connectivity index (χ4n) is 3.58. The number of amides is 1. The number of pyridine rings is 1. The molecular formula is C19H21ClN4O3S. The fraction of sp³-hybridized carbons (Fsp3) is 0.368. The van der Waals surface area contributed by atoms with Crippen molar-refractivity contribution in [3.8, 4) is 0 Å². The third-order valence-corrected chi connectivity index (χ3v) is 7.53. The molecule has 9 heteroatoms. The Morgan fingerprint density at radius 2 is 1.68 bits per heavy atom. The Kier molecular flexibility index (Phi) is 5.27. The first-order chi connectivity index (χ1) is 13.5. The van der Waals surface area contributed by atoms with E-state index in [-0.39, 0.29) is 35.0 Å². The van der Waals surface area contributed by atoms with E-state index in [2.05, 4.69) is 22.0 Å². The summed E-state index contributed by atoms with van der Waals surface area (Å²) in [6, 6.07) is 13.1. The van der Waals surface area contributed by atoms with Gasteiger partial charge in [0.2, 0.25) is 15.9 Å². The number of carbonyl (C=O) groups excluding carboxylic acids is 1. The van der Waals surface area contributed by atoms with Crippen LogP contribution < -0.4 is 4.90 Å². The number of sulfonamides is 1. The van der Waals surface area contributed by atoms with E-state index < -0.39 is 10.0 Å². The molecule has 2 aliphatic rings. The van der Waals surface area contributed by atoms with Crippen LogP contribution in [0.2, 0.25) is 5.15 Å². The van der Waals surface area contributed by atoms with Crippen LogP contribution in [-0.2, 0) is 14.8 Å². The van der Waals surface area contributed by atoms with Crippen LogP contribution in [0, 0.1) is 5.92 Å². The Labute approximate surface area is 169 Å². The molecule has 1 aromatic carbocycles. The van der Waals surface area contributed by atoms with Crippen LogP contribution in [0.5, 0.6) is 0 Å². The van der Waals surface area contributed by atoms with Crippen molar-refractivity contribution < 1.29 is 13.2 Å². The predicted octanol–water partition coefficient (Wildman–Crippen LogP) is 1.70. The molecule has 0 unspecified atom stereocenters. The SMILES string of the molecule is O=C(C1CN(S(=O)(=O)c2cccnc2Cl)C1)N1CCN(c2ccccc2)CC1. The summed E-state index contributed by atoms with van der Waals surface area (Å²) in [5.41, 5.74) is 1.16. The second-order valence-electron chi connectivity index (χ2n) is 6.96. The molecule has 0 spiro atoms. The first-order valence-corrected chi connectivity index (χ1v) is 11.0. The lowest BCUT2D eigenvalue weighted by Gasteiger charge is -2.42. The lowest BCUT2D eigenvalue weighted by Crippen LogP contribution is -2.59. The predicted molar refractivity (Wildman–Crippen MR) is 107 cm³/mol. The average molecular weight is 421 g/mol. The molecule has 2 fully saturated rings. The lowest BCUT2D eigenvalue weighted by atomic mass is 10.0. The van der Waals surface area contributed by atoms with Gasteiger partial charge in [-0.3, -0.25) is 4.79 Å². The molecule has 3 heterocycles. The van der Waals surface area contributed by atoms with Gasteiger partial charge in [0.05, 0.1) is 5.92 Å². The van der Waals surface area contributed by atoms with E-state index in [9.17, 15) is 13.2 Å². The molecule has 2 saturated heterocycles. The van der Waals surface area contributed by atoms with Crippen molar-refractivity contribution in [2.75, 3.05) is 44.2 Å². The quantitative estimate of drug-likeness (QED) is 0.704. The largest absolute Gasteiger partial charge is 0.368 e. The summed E-state index contributed by atoms with van der Waals surface area (Å²) in [6.45, 7) is 3.21. The Morgan fingerprint density at radius 1 is 1.00 bits per heavy atom. The van der Waals surface area contributed by atoms with Crippen LogP contribution >= 0.6 is 11.6 Å². The van der Waals surface area contributed by atoms with Crippen molar-refractivity contribution in [1.29, 1.82) is 0 Å². The van der Waals surface area contributed by atoms with Gasteiger partial charge in [-0.1, -0.05) is 29.8 Å². The summed E-state index contributed by atoms with van der Waals surface area (Å²) in [6.07, 6.45) is 1.44. The first-order valence-electron chi connectivity index (χ1n) is 9.16. The Hall–Kier alpha value is -2.16. The third-order valence-electron chi connectivity index (χ3n) is 5.25. The number of piperazine rings is 1. The number of benzene rings is 1. The number of rotatable bonds is 4. The van der Waals surface area contributed by atoms with Gasteiger partial charge in [-0.15, -0.1) is 0 Å². The number of nitrogens with zero attached hydrogens (tertiary/aromatic N) is 4. The zero-order chi connectivity index (χ0) is 19.7. The molecule has 4 rings (SSSR count). The number of para-hydroxylation sites is 1. The standard InChI is InChI=1S/C19H21ClN4O3S/c20-18-17(7-4-8-21-18)28(26,27)24-13-15(14-24)19(25)23-11-9-22(10-12-23)16-5-2-1-3-6-16/h1-8,15H,9-14H2. The molecule has 0 saturated carbocycles. The van der Waals surface area contributed by atoms with Crippen LogP contribution in [0.4, 0.5) is 5.69 Å². The maximum atomic E-state index is 12.7. The van der Waals surface area contributed by atoms with Gasteiger partial charge < -0.3 is 9.80 Å². The van der Waals surface area contributed by atoms with Crippen LogP contribution in [-0.4, -0.2) is 67.8 Å². The number of anilines is 1. The summed E-state index contributed by atoms with van der Waals surface area (Å²) in [5, 5.41) is -0.0469. The van der Waals surface area contributed by atoms with Crippen molar-refractivity contribution in [1.82, 2.24) is 14.2 Å². The zero-order valence-corrected chi connectivity index (χ0v) is 16.8. The topological polar surface area (TPSA) is 73.8 Å². The fourth-order valence-corrected chi connectivity index (χ4v) is 5.53. The molecule has 2 aromatic rings. The molecule has 1 aromatic heterocycles. The molecule has 1 amide bonds. The van der Waals surface area contributed by atoms with Gasteiger partial charge in [0.25, 0.3) is 0 Å². The van der Waals surface area contributed by atoms with E-state index >= 15 is 0 Å². The van der Waals surface area contributed by atoms with E-state index in [0.717, 1.165) is 18.8 Å². The van der Waals surface area contributed by atoms with Crippen LogP contribution in [0.25, 0.3) is 0 Å². The van der Waals surface area contributed by atoms with E-state index in [0.29, 0.717) is 13.1 Å². The van der Waals surface area contributed by atoms with Crippen molar-refractivity contribution in [2.24, 2.45) is 5.92 Å². The minimum atomic E-state index is -3.71. The van der Waals surface area contributed by atoms with Gasteiger partial charge >= 0.3 is 0 Å². The third kappa shape index (κ3) is 3.59. The molecule has 0 N–H and O–H groups in total. The van der Waals surface area contributed by atoms with Crippen LogP contribution in [0.15, 0.2) is 53.6 Å². The molecule has 2 aliphatic heterocycles. The van der Waals surface area contributed by atoms with E-state index in [4.69, 9.17) is 11.6 Å². The highest BCUT2D eigenvalue weighted by molar-refractivity contribution is 7.89. The Bertz CT molecular complexity index is 956. The zero-order valence-electron chi connectivity index (χ0n) is 15.2. The molecule has 0 atom stereocenters. The van der Waals surface area contributed by atoms with Crippen LogP contribution in [0.1, 0.15) is 0 Å². The average Bonchev–Trinajstić information content (AvgIpc) is 2.67. The molecule has 0 bridgehead atoms. The van der Waals surface area contributed by atoms with Crippen molar-refractivity contribution in [2.45, 2.75) is 4.90 Å². The van der Waals surface area contributed by atoms with Crippen molar-refractivity contribution >= 4 is 33.2 Å². The lowest BCUT2D eigenvalue weighted by molar-refractivity contribution is -0.139.